The molecule has 0 aromatic heterocycles. The second-order valence-corrected chi connectivity index (χ2v) is 9.22. The van der Waals surface area contributed by atoms with E-state index in [9.17, 15) is 19.7 Å². The van der Waals surface area contributed by atoms with Crippen LogP contribution < -0.4 is 9.47 Å². The highest BCUT2D eigenvalue weighted by Crippen LogP contribution is 2.39. The fourth-order valence-electron chi connectivity index (χ4n) is 3.96. The maximum absolute atomic E-state index is 12.6. The van der Waals surface area contributed by atoms with E-state index in [0.29, 0.717) is 33.5 Å². The Morgan fingerprint density at radius 2 is 1.74 bits per heavy atom. The first-order valence-corrected chi connectivity index (χ1v) is 11.8. The summed E-state index contributed by atoms with van der Waals surface area (Å²) >= 11 is 2.07. The molecular formula is C24H22INO8. The minimum absolute atomic E-state index is 0.00229. The Morgan fingerprint density at radius 1 is 1.09 bits per heavy atom. The maximum atomic E-state index is 12.6. The number of carbonyl (C=O) groups excluding carboxylic acids is 2. The summed E-state index contributed by atoms with van der Waals surface area (Å²) in [5.74, 6) is -1.64. The molecule has 10 heteroatoms. The van der Waals surface area contributed by atoms with Crippen molar-refractivity contribution in [2.24, 2.45) is 0 Å². The second kappa shape index (κ2) is 10.00. The van der Waals surface area contributed by atoms with Gasteiger partial charge in [0.1, 0.15) is 12.2 Å². The number of esters is 2. The van der Waals surface area contributed by atoms with Crippen LogP contribution in [-0.2, 0) is 25.7 Å². The van der Waals surface area contributed by atoms with Crippen LogP contribution in [0.5, 0.6) is 11.5 Å². The zero-order chi connectivity index (χ0) is 24.3. The van der Waals surface area contributed by atoms with E-state index in [1.165, 1.54) is 25.3 Å². The zero-order valence-corrected chi connectivity index (χ0v) is 20.5. The van der Waals surface area contributed by atoms with Gasteiger partial charge in [0, 0.05) is 25.0 Å². The van der Waals surface area contributed by atoms with E-state index in [2.05, 4.69) is 22.6 Å². The molecule has 1 aliphatic heterocycles. The highest BCUT2D eigenvalue weighted by molar-refractivity contribution is 14.1. The summed E-state index contributed by atoms with van der Waals surface area (Å²) in [7, 11) is 1.48. The van der Waals surface area contributed by atoms with Crippen LogP contribution in [-0.4, -0.2) is 29.8 Å². The first-order chi connectivity index (χ1) is 16.3. The molecule has 1 aliphatic carbocycles. The van der Waals surface area contributed by atoms with Crippen LogP contribution in [0.4, 0.5) is 5.69 Å². The average Bonchev–Trinajstić information content (AvgIpc) is 2.81. The Labute approximate surface area is 209 Å². The topological polar surface area (TPSA) is 114 Å². The molecule has 9 nitrogen and oxygen atoms in total. The van der Waals surface area contributed by atoms with Crippen molar-refractivity contribution in [3.8, 4) is 11.5 Å². The number of nitrogens with zero attached hydrogens (tertiary/aromatic N) is 1. The number of rotatable bonds is 6. The van der Waals surface area contributed by atoms with Gasteiger partial charge in [-0.3, -0.25) is 10.1 Å². The lowest BCUT2D eigenvalue weighted by molar-refractivity contribution is -0.384. The van der Waals surface area contributed by atoms with Crippen molar-refractivity contribution in [3.05, 3.63) is 66.8 Å². The van der Waals surface area contributed by atoms with Gasteiger partial charge in [-0.05, 0) is 76.9 Å². The summed E-state index contributed by atoms with van der Waals surface area (Å²) in [6, 6.07) is 9.45. The molecule has 1 spiro atoms. The molecule has 0 N–H and O–H groups in total. The van der Waals surface area contributed by atoms with E-state index in [1.807, 2.05) is 0 Å². The Balaban J connectivity index is 1.52. The average molecular weight is 579 g/mol. The third-order valence-corrected chi connectivity index (χ3v) is 6.51. The minimum Gasteiger partial charge on any atom is -0.493 e. The van der Waals surface area contributed by atoms with Crippen molar-refractivity contribution in [3.63, 3.8) is 0 Å². The van der Waals surface area contributed by atoms with Gasteiger partial charge in [-0.2, -0.15) is 0 Å². The van der Waals surface area contributed by atoms with E-state index < -0.39 is 22.6 Å². The smallest absolute Gasteiger partial charge is 0.348 e. The number of ether oxygens (including phenoxy) is 4. The van der Waals surface area contributed by atoms with Crippen molar-refractivity contribution in [2.75, 3.05) is 7.11 Å². The molecule has 0 radical (unpaired) electrons. The molecule has 2 aromatic carbocycles. The van der Waals surface area contributed by atoms with Gasteiger partial charge in [0.25, 0.3) is 11.5 Å². The molecule has 0 amide bonds. The first-order valence-electron chi connectivity index (χ1n) is 10.7. The van der Waals surface area contributed by atoms with Gasteiger partial charge >= 0.3 is 11.9 Å². The Hall–Kier alpha value is -3.15. The van der Waals surface area contributed by atoms with Crippen molar-refractivity contribution >= 4 is 46.3 Å². The number of nitro groups is 1. The van der Waals surface area contributed by atoms with Crippen LogP contribution in [0.25, 0.3) is 6.08 Å². The Morgan fingerprint density at radius 3 is 2.32 bits per heavy atom. The molecule has 1 saturated heterocycles. The summed E-state index contributed by atoms with van der Waals surface area (Å²) in [4.78, 5) is 35.6. The number of methoxy groups -OCH3 is 1. The van der Waals surface area contributed by atoms with Crippen LogP contribution in [0, 0.1) is 13.7 Å². The normalized spacial score (nSPS) is 17.1. The predicted octanol–water partition coefficient (Wildman–Crippen LogP) is 4.93. The zero-order valence-electron chi connectivity index (χ0n) is 18.4. The van der Waals surface area contributed by atoms with Crippen molar-refractivity contribution in [1.29, 1.82) is 0 Å². The van der Waals surface area contributed by atoms with Crippen molar-refractivity contribution in [2.45, 2.75) is 44.5 Å². The number of hydrogen-bond donors (Lipinski definition) is 0. The van der Waals surface area contributed by atoms with Gasteiger partial charge in [-0.15, -0.1) is 0 Å². The van der Waals surface area contributed by atoms with Crippen LogP contribution >= 0.6 is 22.6 Å². The summed E-state index contributed by atoms with van der Waals surface area (Å²) in [6.07, 6.45) is 5.17. The lowest BCUT2D eigenvalue weighted by atomic mass is 9.93. The molecular weight excluding hydrogens is 557 g/mol. The fourth-order valence-corrected chi connectivity index (χ4v) is 4.74. The summed E-state index contributed by atoms with van der Waals surface area (Å²) in [5.41, 5.74) is 1.13. The minimum atomic E-state index is -1.13. The van der Waals surface area contributed by atoms with E-state index in [1.54, 1.807) is 24.3 Å². The Kier molecular flexibility index (Phi) is 7.05. The predicted molar refractivity (Wildman–Crippen MR) is 129 cm³/mol. The van der Waals surface area contributed by atoms with E-state index in [0.717, 1.165) is 24.8 Å². The first kappa shape index (κ1) is 24.0. The van der Waals surface area contributed by atoms with Gasteiger partial charge in [-0.1, -0.05) is 6.42 Å². The van der Waals surface area contributed by atoms with Crippen molar-refractivity contribution in [1.82, 2.24) is 0 Å². The molecule has 2 fully saturated rings. The van der Waals surface area contributed by atoms with Crippen LogP contribution in [0.1, 0.15) is 43.2 Å². The number of benzene rings is 2. The summed E-state index contributed by atoms with van der Waals surface area (Å²) in [6.45, 7) is 0.172. The molecule has 4 rings (SSSR count). The van der Waals surface area contributed by atoms with Gasteiger partial charge in [0.05, 0.1) is 15.6 Å². The molecule has 0 bridgehead atoms. The number of halogens is 1. The van der Waals surface area contributed by atoms with Crippen LogP contribution in [0.3, 0.4) is 0 Å². The van der Waals surface area contributed by atoms with Crippen molar-refractivity contribution < 1.29 is 33.5 Å². The van der Waals surface area contributed by atoms with Gasteiger partial charge < -0.3 is 18.9 Å². The second-order valence-electron chi connectivity index (χ2n) is 8.05. The highest BCUT2D eigenvalue weighted by atomic mass is 127. The molecule has 0 atom stereocenters. The number of non-ortho nitro benzene ring substituents is 1. The summed E-state index contributed by atoms with van der Waals surface area (Å²) in [5, 5.41) is 10.8. The maximum Gasteiger partial charge on any atom is 0.348 e. The largest absolute Gasteiger partial charge is 0.493 e. The van der Waals surface area contributed by atoms with Gasteiger partial charge in [0.2, 0.25) is 0 Å². The molecule has 1 heterocycles. The SMILES string of the molecule is COc1cc(C=C2C(=O)OC3(CCCCC3)OC2=O)cc(I)c1OCc1ccc([N+](=O)[O-])cc1. The summed E-state index contributed by atoms with van der Waals surface area (Å²) < 4.78 is 23.1. The molecule has 2 aliphatic rings. The third-order valence-electron chi connectivity index (χ3n) is 5.71. The fraction of sp³-hybridized carbons (Fsp3) is 0.333. The molecule has 34 heavy (non-hydrogen) atoms. The molecule has 2 aromatic rings. The number of nitro benzene ring substituents is 1. The molecule has 178 valence electrons. The number of carbonyl (C=O) groups is 2. The third kappa shape index (κ3) is 5.16. The van der Waals surface area contributed by atoms with Crippen LogP contribution in [0.2, 0.25) is 0 Å². The van der Waals surface area contributed by atoms with Crippen LogP contribution in [0.15, 0.2) is 42.0 Å². The number of hydrogen-bond acceptors (Lipinski definition) is 8. The highest BCUT2D eigenvalue weighted by Gasteiger charge is 2.46. The molecule has 0 unspecified atom stereocenters. The lowest BCUT2D eigenvalue weighted by Gasteiger charge is -2.38. The monoisotopic (exact) mass is 579 g/mol. The van der Waals surface area contributed by atoms with Gasteiger partial charge in [-0.25, -0.2) is 9.59 Å². The quantitative estimate of drug-likeness (QED) is 0.118. The van der Waals surface area contributed by atoms with E-state index >= 15 is 0 Å². The van der Waals surface area contributed by atoms with E-state index in [-0.39, 0.29) is 17.9 Å². The molecule has 1 saturated carbocycles. The lowest BCUT2D eigenvalue weighted by Crippen LogP contribution is -2.47. The standard InChI is InChI=1S/C24H22INO8/c1-31-20-13-16(11-18-22(27)33-24(34-23(18)28)9-3-2-4-10-24)12-19(25)21(20)32-14-15-5-7-17(8-6-15)26(29)30/h5-8,11-13H,2-4,9-10,14H2,1H3. The Bertz CT molecular complexity index is 1130. The van der Waals surface area contributed by atoms with Gasteiger partial charge in [0.15, 0.2) is 11.5 Å². The van der Waals surface area contributed by atoms with E-state index in [4.69, 9.17) is 18.9 Å².